The van der Waals surface area contributed by atoms with Crippen LogP contribution in [0.25, 0.3) is 0 Å². The Balaban J connectivity index is 3.31. The van der Waals surface area contributed by atoms with Crippen LogP contribution in [0, 0.1) is 11.8 Å². The van der Waals surface area contributed by atoms with Gasteiger partial charge in [0.15, 0.2) is 0 Å². The van der Waals surface area contributed by atoms with Crippen molar-refractivity contribution < 1.29 is 13.2 Å². The van der Waals surface area contributed by atoms with Crippen molar-refractivity contribution in [3.63, 3.8) is 0 Å². The largest absolute Gasteiger partial charge is 0.492 e. The van der Waals surface area contributed by atoms with Gasteiger partial charge >= 0.3 is 0 Å². The van der Waals surface area contributed by atoms with Crippen LogP contribution in [0.3, 0.4) is 0 Å². The van der Waals surface area contributed by atoms with E-state index in [0.29, 0.717) is 30.5 Å². The molecule has 0 heterocycles. The van der Waals surface area contributed by atoms with E-state index in [4.69, 9.17) is 16.3 Å². The third-order valence-corrected chi connectivity index (χ3v) is 5.05. The second-order valence-corrected chi connectivity index (χ2v) is 8.48. The lowest BCUT2D eigenvalue weighted by atomic mass is 10.2. The van der Waals surface area contributed by atoms with Crippen LogP contribution in [0.15, 0.2) is 23.1 Å². The second kappa shape index (κ2) is 8.18. The zero-order valence-electron chi connectivity index (χ0n) is 14.0. The van der Waals surface area contributed by atoms with Crippen molar-refractivity contribution in [3.05, 3.63) is 23.2 Å². The summed E-state index contributed by atoms with van der Waals surface area (Å²) in [6.07, 6.45) is 0. The molecule has 0 atom stereocenters. The topological polar surface area (TPSA) is 46.6 Å². The Labute approximate surface area is 139 Å². The van der Waals surface area contributed by atoms with Gasteiger partial charge in [-0.1, -0.05) is 39.3 Å². The lowest BCUT2D eigenvalue weighted by molar-refractivity contribution is 0.318. The average molecular weight is 348 g/mol. The molecule has 0 fully saturated rings. The highest BCUT2D eigenvalue weighted by Gasteiger charge is 2.29. The molecule has 0 aliphatic heterocycles. The molecule has 0 saturated heterocycles. The minimum Gasteiger partial charge on any atom is -0.492 e. The molecule has 22 heavy (non-hydrogen) atoms. The lowest BCUT2D eigenvalue weighted by Crippen LogP contribution is -2.37. The van der Waals surface area contributed by atoms with Crippen LogP contribution in [0.2, 0.25) is 5.02 Å². The van der Waals surface area contributed by atoms with Crippen LogP contribution in [0.1, 0.15) is 34.6 Å². The Hall–Kier alpha value is -0.780. The molecule has 0 spiro atoms. The highest BCUT2D eigenvalue weighted by molar-refractivity contribution is 7.89. The summed E-state index contributed by atoms with van der Waals surface area (Å²) in [5.41, 5.74) is 0. The predicted octanol–water partition coefficient (Wildman–Crippen LogP) is 4.04. The predicted molar refractivity (Wildman–Crippen MR) is 91.1 cm³/mol. The van der Waals surface area contributed by atoms with Crippen LogP contribution in [0.4, 0.5) is 0 Å². The highest BCUT2D eigenvalue weighted by atomic mass is 35.5. The standard InChI is InChI=1S/C16H26ClNO3S/c1-6-21-15-8-7-14(17)9-16(15)22(19,20)18(10-12(2)3)11-13(4)5/h7-9,12-13H,6,10-11H2,1-5H3. The van der Waals surface area contributed by atoms with Gasteiger partial charge in [-0.3, -0.25) is 0 Å². The van der Waals surface area contributed by atoms with Crippen LogP contribution in [0.5, 0.6) is 5.75 Å². The Morgan fingerprint density at radius 2 is 1.68 bits per heavy atom. The maximum atomic E-state index is 13.0. The summed E-state index contributed by atoms with van der Waals surface area (Å²) in [6.45, 7) is 11.2. The maximum Gasteiger partial charge on any atom is 0.246 e. The molecule has 1 aromatic rings. The van der Waals surface area contributed by atoms with E-state index in [0.717, 1.165) is 0 Å². The quantitative estimate of drug-likeness (QED) is 0.713. The molecular formula is C16H26ClNO3S. The molecule has 6 heteroatoms. The van der Waals surface area contributed by atoms with E-state index >= 15 is 0 Å². The summed E-state index contributed by atoms with van der Waals surface area (Å²) < 4.78 is 33.1. The van der Waals surface area contributed by atoms with Crippen molar-refractivity contribution in [2.24, 2.45) is 11.8 Å². The fourth-order valence-corrected chi connectivity index (χ4v) is 4.34. The molecule has 1 rings (SSSR count). The van der Waals surface area contributed by atoms with E-state index in [9.17, 15) is 8.42 Å². The van der Waals surface area contributed by atoms with E-state index in [1.165, 1.54) is 10.4 Å². The summed E-state index contributed by atoms with van der Waals surface area (Å²) in [4.78, 5) is 0.142. The second-order valence-electron chi connectivity index (χ2n) is 6.13. The molecule has 0 amide bonds. The molecule has 0 bridgehead atoms. The Morgan fingerprint density at radius 1 is 1.14 bits per heavy atom. The van der Waals surface area contributed by atoms with Crippen molar-refractivity contribution in [3.8, 4) is 5.75 Å². The van der Waals surface area contributed by atoms with Crippen LogP contribution >= 0.6 is 11.6 Å². The normalized spacial score (nSPS) is 12.4. The van der Waals surface area contributed by atoms with Crippen molar-refractivity contribution in [1.82, 2.24) is 4.31 Å². The monoisotopic (exact) mass is 347 g/mol. The molecule has 0 radical (unpaired) electrons. The third kappa shape index (κ3) is 5.14. The van der Waals surface area contributed by atoms with Gasteiger partial charge in [0.25, 0.3) is 0 Å². The zero-order valence-corrected chi connectivity index (χ0v) is 15.5. The summed E-state index contributed by atoms with van der Waals surface area (Å²) in [5.74, 6) is 0.830. The van der Waals surface area contributed by atoms with Gasteiger partial charge in [-0.2, -0.15) is 4.31 Å². The number of benzene rings is 1. The molecular weight excluding hydrogens is 322 g/mol. The maximum absolute atomic E-state index is 13.0. The molecule has 126 valence electrons. The number of sulfonamides is 1. The summed E-state index contributed by atoms with van der Waals surface area (Å²) in [5, 5.41) is 0.385. The van der Waals surface area contributed by atoms with Gasteiger partial charge in [-0.05, 0) is 37.0 Å². The first kappa shape index (κ1) is 19.3. The lowest BCUT2D eigenvalue weighted by Gasteiger charge is -2.26. The van der Waals surface area contributed by atoms with Gasteiger partial charge < -0.3 is 4.74 Å². The molecule has 4 nitrogen and oxygen atoms in total. The fraction of sp³-hybridized carbons (Fsp3) is 0.625. The zero-order chi connectivity index (χ0) is 16.9. The smallest absolute Gasteiger partial charge is 0.246 e. The number of hydrogen-bond acceptors (Lipinski definition) is 3. The number of ether oxygens (including phenoxy) is 1. The number of rotatable bonds is 8. The Kier molecular flexibility index (Phi) is 7.16. The number of halogens is 1. The molecule has 0 saturated carbocycles. The molecule has 1 aromatic carbocycles. The minimum absolute atomic E-state index is 0.142. The van der Waals surface area contributed by atoms with E-state index in [1.54, 1.807) is 12.1 Å². The van der Waals surface area contributed by atoms with E-state index in [2.05, 4.69) is 0 Å². The minimum atomic E-state index is -3.64. The molecule has 0 aliphatic rings. The van der Waals surface area contributed by atoms with Gasteiger partial charge in [-0.15, -0.1) is 0 Å². The summed E-state index contributed by atoms with van der Waals surface area (Å²) in [6, 6.07) is 4.72. The van der Waals surface area contributed by atoms with Crippen LogP contribution in [-0.2, 0) is 10.0 Å². The fourth-order valence-electron chi connectivity index (χ4n) is 2.18. The number of nitrogens with zero attached hydrogens (tertiary/aromatic N) is 1. The molecule has 0 aliphatic carbocycles. The molecule has 0 aromatic heterocycles. The van der Waals surface area contributed by atoms with Crippen molar-refractivity contribution in [2.75, 3.05) is 19.7 Å². The van der Waals surface area contributed by atoms with E-state index < -0.39 is 10.0 Å². The van der Waals surface area contributed by atoms with Crippen LogP contribution in [-0.4, -0.2) is 32.4 Å². The first-order chi connectivity index (χ1) is 10.2. The molecule has 0 N–H and O–H groups in total. The van der Waals surface area contributed by atoms with E-state index in [-0.39, 0.29) is 16.7 Å². The summed E-state index contributed by atoms with van der Waals surface area (Å²) >= 11 is 6.00. The third-order valence-electron chi connectivity index (χ3n) is 2.96. The van der Waals surface area contributed by atoms with Crippen LogP contribution < -0.4 is 4.74 Å². The number of hydrogen-bond donors (Lipinski definition) is 0. The van der Waals surface area contributed by atoms with Crippen molar-refractivity contribution in [2.45, 2.75) is 39.5 Å². The van der Waals surface area contributed by atoms with E-state index in [1.807, 2.05) is 34.6 Å². The summed E-state index contributed by atoms with van der Waals surface area (Å²) in [7, 11) is -3.64. The van der Waals surface area contributed by atoms with Gasteiger partial charge in [0.05, 0.1) is 6.61 Å². The van der Waals surface area contributed by atoms with Crippen molar-refractivity contribution >= 4 is 21.6 Å². The van der Waals surface area contributed by atoms with Gasteiger partial charge in [-0.25, -0.2) is 8.42 Å². The Bertz CT molecular complexity index is 575. The Morgan fingerprint density at radius 3 is 2.14 bits per heavy atom. The highest BCUT2D eigenvalue weighted by Crippen LogP contribution is 2.30. The average Bonchev–Trinajstić information content (AvgIpc) is 2.39. The van der Waals surface area contributed by atoms with Gasteiger partial charge in [0.2, 0.25) is 10.0 Å². The van der Waals surface area contributed by atoms with Gasteiger partial charge in [0.1, 0.15) is 10.6 Å². The van der Waals surface area contributed by atoms with Crippen molar-refractivity contribution in [1.29, 1.82) is 0 Å². The first-order valence-corrected chi connectivity index (χ1v) is 9.42. The SMILES string of the molecule is CCOc1ccc(Cl)cc1S(=O)(=O)N(CC(C)C)CC(C)C. The molecule has 0 unspecified atom stereocenters. The first-order valence-electron chi connectivity index (χ1n) is 7.61. The van der Waals surface area contributed by atoms with Gasteiger partial charge in [0, 0.05) is 18.1 Å².